The van der Waals surface area contributed by atoms with E-state index in [-0.39, 0.29) is 0 Å². The predicted molar refractivity (Wildman–Crippen MR) is 71.6 cm³/mol. The summed E-state index contributed by atoms with van der Waals surface area (Å²) in [6.45, 7) is 7.80. The normalized spacial score (nSPS) is 16.9. The first-order valence-corrected chi connectivity index (χ1v) is 6.74. The van der Waals surface area contributed by atoms with Gasteiger partial charge in [0.1, 0.15) is 0 Å². The Bertz CT molecular complexity index is 207. The number of hydrogen-bond donors (Lipinski definition) is 2. The van der Waals surface area contributed by atoms with Gasteiger partial charge in [0.2, 0.25) is 0 Å². The van der Waals surface area contributed by atoms with Crippen LogP contribution in [0.15, 0.2) is 0 Å². The van der Waals surface area contributed by atoms with Crippen LogP contribution in [0.4, 0.5) is 0 Å². The zero-order valence-corrected chi connectivity index (χ0v) is 11.2. The van der Waals surface area contributed by atoms with Gasteiger partial charge in [-0.3, -0.25) is 0 Å². The minimum Gasteiger partial charge on any atom is -0.382 e. The van der Waals surface area contributed by atoms with E-state index in [9.17, 15) is 0 Å². The topological polar surface area (TPSA) is 33.3 Å². The van der Waals surface area contributed by atoms with Gasteiger partial charge in [0, 0.05) is 26.3 Å². The van der Waals surface area contributed by atoms with Crippen LogP contribution in [0.3, 0.4) is 0 Å². The van der Waals surface area contributed by atoms with Crippen LogP contribution in [-0.4, -0.2) is 31.4 Å². The smallest absolute Gasteiger partial charge is 0.166 e. The predicted octanol–water partition coefficient (Wildman–Crippen LogP) is 1.92. The van der Waals surface area contributed by atoms with Crippen LogP contribution < -0.4 is 10.6 Å². The van der Waals surface area contributed by atoms with E-state index in [2.05, 4.69) is 17.6 Å². The van der Waals surface area contributed by atoms with Crippen LogP contribution in [0.2, 0.25) is 0 Å². The zero-order valence-electron chi connectivity index (χ0n) is 10.4. The van der Waals surface area contributed by atoms with Crippen molar-refractivity contribution in [3.63, 3.8) is 0 Å². The van der Waals surface area contributed by atoms with E-state index < -0.39 is 0 Å². The van der Waals surface area contributed by atoms with Crippen molar-refractivity contribution in [3.05, 3.63) is 0 Å². The molecule has 0 amide bonds. The molecule has 16 heavy (non-hydrogen) atoms. The monoisotopic (exact) mass is 244 g/mol. The van der Waals surface area contributed by atoms with Gasteiger partial charge in [-0.25, -0.2) is 0 Å². The molecule has 0 saturated heterocycles. The highest BCUT2D eigenvalue weighted by Crippen LogP contribution is 2.35. The Morgan fingerprint density at radius 1 is 1.44 bits per heavy atom. The molecule has 0 heterocycles. The number of nitrogens with one attached hydrogen (secondary N) is 2. The number of ether oxygens (including phenoxy) is 1. The Labute approximate surface area is 104 Å². The minimum absolute atomic E-state index is 0.753. The van der Waals surface area contributed by atoms with E-state index in [1.54, 1.807) is 0 Å². The average Bonchev–Trinajstić information content (AvgIpc) is 3.09. The minimum atomic E-state index is 0.753. The van der Waals surface area contributed by atoms with E-state index in [1.807, 2.05) is 6.92 Å². The average molecular weight is 244 g/mol. The van der Waals surface area contributed by atoms with Gasteiger partial charge < -0.3 is 15.4 Å². The van der Waals surface area contributed by atoms with Crippen molar-refractivity contribution in [3.8, 4) is 0 Å². The highest BCUT2D eigenvalue weighted by molar-refractivity contribution is 7.80. The van der Waals surface area contributed by atoms with E-state index >= 15 is 0 Å². The summed E-state index contributed by atoms with van der Waals surface area (Å²) in [7, 11) is 0. The first kappa shape index (κ1) is 13.7. The third-order valence-electron chi connectivity index (χ3n) is 2.97. The summed E-state index contributed by atoms with van der Waals surface area (Å²) in [6, 6.07) is 0. The van der Waals surface area contributed by atoms with Gasteiger partial charge in [0.15, 0.2) is 5.11 Å². The lowest BCUT2D eigenvalue weighted by molar-refractivity contribution is 0.145. The summed E-state index contributed by atoms with van der Waals surface area (Å²) in [5.41, 5.74) is 0. The molecule has 4 heteroatoms. The summed E-state index contributed by atoms with van der Waals surface area (Å²) >= 11 is 5.19. The van der Waals surface area contributed by atoms with Crippen molar-refractivity contribution in [2.75, 3.05) is 26.3 Å². The fourth-order valence-electron chi connectivity index (χ4n) is 1.67. The third kappa shape index (κ3) is 6.28. The van der Waals surface area contributed by atoms with Gasteiger partial charge in [0.25, 0.3) is 0 Å². The molecule has 0 aliphatic heterocycles. The molecule has 0 bridgehead atoms. The largest absolute Gasteiger partial charge is 0.382 e. The lowest BCUT2D eigenvalue weighted by Crippen LogP contribution is -2.38. The molecule has 0 aromatic rings. The maximum atomic E-state index is 5.25. The van der Waals surface area contributed by atoms with Gasteiger partial charge in [0.05, 0.1) is 0 Å². The van der Waals surface area contributed by atoms with Crippen molar-refractivity contribution in [2.45, 2.75) is 33.1 Å². The molecule has 94 valence electrons. The Hall–Kier alpha value is -0.350. The molecule has 1 saturated carbocycles. The summed E-state index contributed by atoms with van der Waals surface area (Å²) in [5, 5.41) is 7.25. The standard InChI is InChI=1S/C12H24N2OS/c1-3-15-8-4-7-13-12(16)14-9-10(2)11-5-6-11/h10-11H,3-9H2,1-2H3,(H2,13,14,16). The molecule has 1 aliphatic carbocycles. The molecule has 0 spiro atoms. The SMILES string of the molecule is CCOCCCNC(=S)NCC(C)C1CC1. The Morgan fingerprint density at radius 2 is 2.19 bits per heavy atom. The highest BCUT2D eigenvalue weighted by atomic mass is 32.1. The van der Waals surface area contributed by atoms with E-state index in [1.165, 1.54) is 12.8 Å². The lowest BCUT2D eigenvalue weighted by atomic mass is 10.1. The Morgan fingerprint density at radius 3 is 2.81 bits per heavy atom. The van der Waals surface area contributed by atoms with Gasteiger partial charge in [-0.2, -0.15) is 0 Å². The molecular weight excluding hydrogens is 220 g/mol. The van der Waals surface area contributed by atoms with Gasteiger partial charge >= 0.3 is 0 Å². The molecule has 0 aromatic heterocycles. The number of hydrogen-bond acceptors (Lipinski definition) is 2. The van der Waals surface area contributed by atoms with E-state index in [4.69, 9.17) is 17.0 Å². The first-order chi connectivity index (χ1) is 7.74. The lowest BCUT2D eigenvalue weighted by Gasteiger charge is -2.14. The van der Waals surface area contributed by atoms with Crippen molar-refractivity contribution in [1.29, 1.82) is 0 Å². The van der Waals surface area contributed by atoms with Gasteiger partial charge in [-0.05, 0) is 50.2 Å². The van der Waals surface area contributed by atoms with E-state index in [0.29, 0.717) is 0 Å². The molecule has 1 aliphatic rings. The molecule has 0 radical (unpaired) electrons. The summed E-state index contributed by atoms with van der Waals surface area (Å²) in [6.07, 6.45) is 3.81. The molecular formula is C12H24N2OS. The van der Waals surface area contributed by atoms with Crippen molar-refractivity contribution in [1.82, 2.24) is 10.6 Å². The maximum Gasteiger partial charge on any atom is 0.166 e. The fourth-order valence-corrected chi connectivity index (χ4v) is 1.85. The molecule has 1 rings (SSSR count). The zero-order chi connectivity index (χ0) is 11.8. The number of rotatable bonds is 8. The van der Waals surface area contributed by atoms with Gasteiger partial charge in [-0.15, -0.1) is 0 Å². The first-order valence-electron chi connectivity index (χ1n) is 6.33. The Kier molecular flexibility index (Phi) is 6.73. The second-order valence-corrected chi connectivity index (χ2v) is 4.91. The van der Waals surface area contributed by atoms with Crippen molar-refractivity contribution in [2.24, 2.45) is 11.8 Å². The highest BCUT2D eigenvalue weighted by Gasteiger charge is 2.27. The van der Waals surface area contributed by atoms with Crippen LogP contribution in [0.1, 0.15) is 33.1 Å². The molecule has 0 aromatic carbocycles. The maximum absolute atomic E-state index is 5.25. The van der Waals surface area contributed by atoms with Crippen LogP contribution in [-0.2, 0) is 4.74 Å². The summed E-state index contributed by atoms with van der Waals surface area (Å²) < 4.78 is 5.25. The molecule has 1 atom stereocenters. The van der Waals surface area contributed by atoms with Crippen molar-refractivity contribution >= 4 is 17.3 Å². The molecule has 3 nitrogen and oxygen atoms in total. The fraction of sp³-hybridized carbons (Fsp3) is 0.917. The quantitative estimate of drug-likeness (QED) is 0.505. The second kappa shape index (κ2) is 7.85. The molecule has 1 unspecified atom stereocenters. The van der Waals surface area contributed by atoms with Crippen LogP contribution in [0.25, 0.3) is 0 Å². The van der Waals surface area contributed by atoms with Crippen LogP contribution in [0.5, 0.6) is 0 Å². The second-order valence-electron chi connectivity index (χ2n) is 4.50. The van der Waals surface area contributed by atoms with Crippen LogP contribution >= 0.6 is 12.2 Å². The van der Waals surface area contributed by atoms with Gasteiger partial charge in [-0.1, -0.05) is 6.92 Å². The number of thiocarbonyl (C=S) groups is 1. The molecule has 2 N–H and O–H groups in total. The summed E-state index contributed by atoms with van der Waals surface area (Å²) in [5.74, 6) is 1.69. The molecule has 1 fully saturated rings. The van der Waals surface area contributed by atoms with E-state index in [0.717, 1.165) is 49.7 Å². The Balaban J connectivity index is 1.89. The summed E-state index contributed by atoms with van der Waals surface area (Å²) in [4.78, 5) is 0. The third-order valence-corrected chi connectivity index (χ3v) is 3.26. The van der Waals surface area contributed by atoms with Crippen molar-refractivity contribution < 1.29 is 4.74 Å². The van der Waals surface area contributed by atoms with Crippen LogP contribution in [0, 0.1) is 11.8 Å².